The molecule has 3 rings (SSSR count). The van der Waals surface area contributed by atoms with Crippen molar-refractivity contribution in [3.63, 3.8) is 0 Å². The number of ether oxygens (including phenoxy) is 1. The Labute approximate surface area is 88.4 Å². The average Bonchev–Trinajstić information content (AvgIpc) is 2.53. The van der Waals surface area contributed by atoms with Crippen LogP contribution in [0.3, 0.4) is 0 Å². The van der Waals surface area contributed by atoms with Gasteiger partial charge in [0.2, 0.25) is 0 Å². The number of carbonyl (C=O) groups is 1. The predicted octanol–water partition coefficient (Wildman–Crippen LogP) is 1.90. The summed E-state index contributed by atoms with van der Waals surface area (Å²) in [4.78, 5) is 11.4. The number of esters is 1. The molecule has 3 nitrogen and oxygen atoms in total. The number of hydrogen-bond donors (Lipinski definition) is 1. The van der Waals surface area contributed by atoms with E-state index < -0.39 is 0 Å². The highest BCUT2D eigenvalue weighted by atomic mass is 16.6. The van der Waals surface area contributed by atoms with Gasteiger partial charge in [0.25, 0.3) is 0 Å². The first kappa shape index (κ1) is 8.77. The van der Waals surface area contributed by atoms with Crippen molar-refractivity contribution < 1.29 is 9.53 Å². The van der Waals surface area contributed by atoms with Crippen molar-refractivity contribution in [1.29, 1.82) is 0 Å². The van der Waals surface area contributed by atoms with Gasteiger partial charge in [-0.2, -0.15) is 0 Å². The SMILES string of the molecule is C[C@@]12CNc3ccccc3[C@H]1CC(=O)O2. The molecule has 1 fully saturated rings. The summed E-state index contributed by atoms with van der Waals surface area (Å²) in [6, 6.07) is 8.14. The van der Waals surface area contributed by atoms with Gasteiger partial charge in [-0.25, -0.2) is 0 Å². The molecule has 0 aromatic heterocycles. The minimum absolute atomic E-state index is 0.0824. The molecule has 2 aliphatic heterocycles. The van der Waals surface area contributed by atoms with Gasteiger partial charge in [-0.05, 0) is 18.6 Å². The molecule has 1 N–H and O–H groups in total. The Bertz CT molecular complexity index is 429. The zero-order valence-electron chi connectivity index (χ0n) is 8.62. The summed E-state index contributed by atoms with van der Waals surface area (Å²) in [5.41, 5.74) is 1.99. The van der Waals surface area contributed by atoms with Gasteiger partial charge in [0, 0.05) is 11.6 Å². The smallest absolute Gasteiger partial charge is 0.307 e. The lowest BCUT2D eigenvalue weighted by molar-refractivity contribution is -0.146. The second kappa shape index (κ2) is 2.75. The Morgan fingerprint density at radius 2 is 2.27 bits per heavy atom. The first-order chi connectivity index (χ1) is 7.19. The number of fused-ring (bicyclic) bond motifs is 3. The van der Waals surface area contributed by atoms with Crippen LogP contribution in [0.5, 0.6) is 0 Å². The maximum Gasteiger partial charge on any atom is 0.307 e. The van der Waals surface area contributed by atoms with Crippen molar-refractivity contribution in [1.82, 2.24) is 0 Å². The number of hydrogen-bond acceptors (Lipinski definition) is 3. The topological polar surface area (TPSA) is 38.3 Å². The summed E-state index contributed by atoms with van der Waals surface area (Å²) in [7, 11) is 0. The Morgan fingerprint density at radius 3 is 3.13 bits per heavy atom. The highest BCUT2D eigenvalue weighted by Gasteiger charge is 2.49. The van der Waals surface area contributed by atoms with Crippen LogP contribution in [-0.4, -0.2) is 18.1 Å². The molecule has 0 radical (unpaired) electrons. The van der Waals surface area contributed by atoms with E-state index in [-0.39, 0.29) is 17.5 Å². The van der Waals surface area contributed by atoms with E-state index in [1.165, 1.54) is 5.56 Å². The first-order valence-electron chi connectivity index (χ1n) is 5.24. The van der Waals surface area contributed by atoms with Crippen molar-refractivity contribution in [3.05, 3.63) is 29.8 Å². The Morgan fingerprint density at radius 1 is 1.47 bits per heavy atom. The average molecular weight is 203 g/mol. The zero-order chi connectivity index (χ0) is 10.5. The molecular formula is C12H13NO2. The maximum atomic E-state index is 11.4. The molecule has 2 atom stereocenters. The highest BCUT2D eigenvalue weighted by molar-refractivity contribution is 5.76. The molecule has 2 aliphatic rings. The van der Waals surface area contributed by atoms with Gasteiger partial charge < -0.3 is 10.1 Å². The molecule has 1 aromatic rings. The summed E-state index contributed by atoms with van der Waals surface area (Å²) in [6.45, 7) is 2.71. The van der Waals surface area contributed by atoms with Crippen LogP contribution >= 0.6 is 0 Å². The van der Waals surface area contributed by atoms with Gasteiger partial charge in [0.15, 0.2) is 0 Å². The molecule has 0 unspecified atom stereocenters. The summed E-state index contributed by atoms with van der Waals surface area (Å²) >= 11 is 0. The Hall–Kier alpha value is -1.51. The number of benzene rings is 1. The van der Waals surface area contributed by atoms with Crippen LogP contribution in [0, 0.1) is 0 Å². The fourth-order valence-corrected chi connectivity index (χ4v) is 2.59. The summed E-state index contributed by atoms with van der Waals surface area (Å²) in [5.74, 6) is 0.128. The molecule has 78 valence electrons. The molecule has 2 heterocycles. The fraction of sp³-hybridized carbons (Fsp3) is 0.417. The number of carbonyl (C=O) groups excluding carboxylic acids is 1. The van der Waals surface area contributed by atoms with Crippen molar-refractivity contribution in [2.45, 2.75) is 24.9 Å². The zero-order valence-corrected chi connectivity index (χ0v) is 8.62. The lowest BCUT2D eigenvalue weighted by atomic mass is 9.79. The van der Waals surface area contributed by atoms with E-state index in [1.54, 1.807) is 0 Å². The summed E-state index contributed by atoms with van der Waals surface area (Å²) < 4.78 is 5.41. The molecule has 0 aliphatic carbocycles. The quantitative estimate of drug-likeness (QED) is 0.654. The van der Waals surface area contributed by atoms with E-state index in [2.05, 4.69) is 17.4 Å². The van der Waals surface area contributed by atoms with E-state index in [9.17, 15) is 4.79 Å². The summed E-state index contributed by atoms with van der Waals surface area (Å²) in [5, 5.41) is 3.32. The van der Waals surface area contributed by atoms with E-state index in [4.69, 9.17) is 4.74 Å². The Kier molecular flexibility index (Phi) is 1.61. The predicted molar refractivity (Wildman–Crippen MR) is 56.8 cm³/mol. The second-order valence-corrected chi connectivity index (χ2v) is 4.48. The van der Waals surface area contributed by atoms with Crippen LogP contribution in [0.25, 0.3) is 0 Å². The van der Waals surface area contributed by atoms with Gasteiger partial charge in [0.05, 0.1) is 13.0 Å². The molecule has 3 heteroatoms. The number of anilines is 1. The third kappa shape index (κ3) is 1.16. The fourth-order valence-electron chi connectivity index (χ4n) is 2.59. The van der Waals surface area contributed by atoms with Crippen molar-refractivity contribution in [3.8, 4) is 0 Å². The maximum absolute atomic E-state index is 11.4. The lowest BCUT2D eigenvalue weighted by Crippen LogP contribution is -2.41. The van der Waals surface area contributed by atoms with Crippen LogP contribution in [0.1, 0.15) is 24.8 Å². The molecule has 0 amide bonds. The normalized spacial score (nSPS) is 32.6. The molecule has 15 heavy (non-hydrogen) atoms. The lowest BCUT2D eigenvalue weighted by Gasteiger charge is -2.36. The van der Waals surface area contributed by atoms with E-state index in [0.717, 1.165) is 5.69 Å². The largest absolute Gasteiger partial charge is 0.457 e. The Balaban J connectivity index is 2.11. The number of rotatable bonds is 0. The van der Waals surface area contributed by atoms with E-state index >= 15 is 0 Å². The van der Waals surface area contributed by atoms with Gasteiger partial charge in [-0.1, -0.05) is 18.2 Å². The monoisotopic (exact) mass is 203 g/mol. The molecular weight excluding hydrogens is 190 g/mol. The van der Waals surface area contributed by atoms with Crippen molar-refractivity contribution in [2.75, 3.05) is 11.9 Å². The van der Waals surface area contributed by atoms with Crippen LogP contribution in [-0.2, 0) is 9.53 Å². The van der Waals surface area contributed by atoms with E-state index in [0.29, 0.717) is 13.0 Å². The van der Waals surface area contributed by atoms with Crippen LogP contribution in [0.15, 0.2) is 24.3 Å². The molecule has 0 spiro atoms. The summed E-state index contributed by atoms with van der Waals surface area (Å²) in [6.07, 6.45) is 0.509. The van der Waals surface area contributed by atoms with Crippen molar-refractivity contribution in [2.24, 2.45) is 0 Å². The van der Waals surface area contributed by atoms with Gasteiger partial charge in [-0.3, -0.25) is 4.79 Å². The van der Waals surface area contributed by atoms with E-state index in [1.807, 2.05) is 19.1 Å². The third-order valence-corrected chi connectivity index (χ3v) is 3.42. The van der Waals surface area contributed by atoms with Crippen LogP contribution in [0.2, 0.25) is 0 Å². The second-order valence-electron chi connectivity index (χ2n) is 4.48. The van der Waals surface area contributed by atoms with Gasteiger partial charge in [0.1, 0.15) is 5.60 Å². The minimum atomic E-state index is -0.356. The highest BCUT2D eigenvalue weighted by Crippen LogP contribution is 2.46. The molecule has 0 saturated carbocycles. The molecule has 1 aromatic carbocycles. The number of nitrogens with one attached hydrogen (secondary N) is 1. The molecule has 1 saturated heterocycles. The van der Waals surface area contributed by atoms with Crippen LogP contribution in [0.4, 0.5) is 5.69 Å². The van der Waals surface area contributed by atoms with Gasteiger partial charge in [-0.15, -0.1) is 0 Å². The number of para-hydroxylation sites is 1. The standard InChI is InChI=1S/C12H13NO2/c1-12-7-13-10-5-3-2-4-8(10)9(12)6-11(14)15-12/h2-5,9,13H,6-7H2,1H3/t9-,12-/m1/s1. The van der Waals surface area contributed by atoms with Crippen LogP contribution < -0.4 is 5.32 Å². The van der Waals surface area contributed by atoms with Crippen molar-refractivity contribution >= 4 is 11.7 Å². The third-order valence-electron chi connectivity index (χ3n) is 3.42. The molecule has 0 bridgehead atoms. The minimum Gasteiger partial charge on any atom is -0.457 e. The first-order valence-corrected chi connectivity index (χ1v) is 5.24. The van der Waals surface area contributed by atoms with Gasteiger partial charge >= 0.3 is 5.97 Å².